The Bertz CT molecular complexity index is 542. The van der Waals surface area contributed by atoms with Crippen molar-refractivity contribution >= 4 is 28.2 Å². The van der Waals surface area contributed by atoms with Gasteiger partial charge >= 0.3 is 0 Å². The first-order valence-corrected chi connectivity index (χ1v) is 6.45. The van der Waals surface area contributed by atoms with Gasteiger partial charge in [0.2, 0.25) is 0 Å². The molecule has 1 unspecified atom stereocenters. The van der Waals surface area contributed by atoms with Gasteiger partial charge in [-0.1, -0.05) is 18.5 Å². The fourth-order valence-corrected chi connectivity index (χ4v) is 2.25. The Morgan fingerprint density at radius 1 is 1.39 bits per heavy atom. The summed E-state index contributed by atoms with van der Waals surface area (Å²) in [4.78, 5) is 6.57. The van der Waals surface area contributed by atoms with Crippen LogP contribution in [0.1, 0.15) is 6.92 Å². The minimum Gasteiger partial charge on any atom is -0.374 e. The lowest BCUT2D eigenvalue weighted by atomic mass is 10.1. The van der Waals surface area contributed by atoms with Gasteiger partial charge in [0.1, 0.15) is 0 Å². The second-order valence-corrected chi connectivity index (χ2v) is 5.15. The van der Waals surface area contributed by atoms with Crippen LogP contribution in [0.4, 0.5) is 5.69 Å². The van der Waals surface area contributed by atoms with Crippen LogP contribution in [0.5, 0.6) is 0 Å². The molecular formula is C14H18ClN3. The highest BCUT2D eigenvalue weighted by Gasteiger charge is 2.09. The molecule has 96 valence electrons. The zero-order valence-corrected chi connectivity index (χ0v) is 11.5. The summed E-state index contributed by atoms with van der Waals surface area (Å²) in [6, 6.07) is 7.83. The minimum atomic E-state index is 0.463. The van der Waals surface area contributed by atoms with Crippen LogP contribution in [-0.4, -0.2) is 25.1 Å². The highest BCUT2D eigenvalue weighted by molar-refractivity contribution is 6.31. The van der Waals surface area contributed by atoms with Gasteiger partial charge in [-0.15, -0.1) is 0 Å². The maximum absolute atomic E-state index is 5.99. The molecule has 0 amide bonds. The molecule has 0 saturated heterocycles. The number of anilines is 1. The molecule has 1 heterocycles. The van der Waals surface area contributed by atoms with Crippen molar-refractivity contribution in [1.29, 1.82) is 0 Å². The van der Waals surface area contributed by atoms with Gasteiger partial charge in [-0.3, -0.25) is 4.98 Å². The molecule has 2 aromatic rings. The predicted molar refractivity (Wildman–Crippen MR) is 78.2 cm³/mol. The summed E-state index contributed by atoms with van der Waals surface area (Å²) in [5.41, 5.74) is 7.76. The number of hydrogen-bond donors (Lipinski definition) is 1. The maximum Gasteiger partial charge on any atom is 0.0737 e. The molecule has 3 nitrogen and oxygen atoms in total. The number of rotatable bonds is 4. The molecule has 0 aliphatic heterocycles. The molecule has 0 saturated carbocycles. The molecule has 2 rings (SSSR count). The molecule has 0 aliphatic carbocycles. The Hall–Kier alpha value is -1.32. The molecule has 1 aromatic carbocycles. The average molecular weight is 264 g/mol. The number of pyridine rings is 1. The summed E-state index contributed by atoms with van der Waals surface area (Å²) in [6.45, 7) is 3.77. The van der Waals surface area contributed by atoms with Gasteiger partial charge < -0.3 is 10.6 Å². The monoisotopic (exact) mass is 263 g/mol. The molecule has 18 heavy (non-hydrogen) atoms. The quantitative estimate of drug-likeness (QED) is 0.922. The average Bonchev–Trinajstić information content (AvgIpc) is 2.37. The third-order valence-electron chi connectivity index (χ3n) is 3.08. The summed E-state index contributed by atoms with van der Waals surface area (Å²) in [7, 11) is 2.08. The number of nitrogens with zero attached hydrogens (tertiary/aromatic N) is 2. The fourth-order valence-electron chi connectivity index (χ4n) is 2.08. The Morgan fingerprint density at radius 3 is 2.89 bits per heavy atom. The van der Waals surface area contributed by atoms with Crippen LogP contribution < -0.4 is 10.6 Å². The van der Waals surface area contributed by atoms with E-state index in [2.05, 4.69) is 23.9 Å². The lowest BCUT2D eigenvalue weighted by Crippen LogP contribution is -2.28. The van der Waals surface area contributed by atoms with Crippen molar-refractivity contribution in [2.75, 3.05) is 25.0 Å². The van der Waals surface area contributed by atoms with Crippen LogP contribution in [0.2, 0.25) is 5.02 Å². The summed E-state index contributed by atoms with van der Waals surface area (Å²) < 4.78 is 0. The molecule has 0 fully saturated rings. The van der Waals surface area contributed by atoms with Crippen molar-refractivity contribution in [1.82, 2.24) is 4.98 Å². The molecular weight excluding hydrogens is 246 g/mol. The zero-order valence-electron chi connectivity index (χ0n) is 10.7. The molecule has 0 aliphatic rings. The van der Waals surface area contributed by atoms with Crippen molar-refractivity contribution in [3.8, 4) is 0 Å². The van der Waals surface area contributed by atoms with Gasteiger partial charge in [-0.25, -0.2) is 0 Å². The Morgan fingerprint density at radius 2 is 2.17 bits per heavy atom. The zero-order chi connectivity index (χ0) is 13.1. The smallest absolute Gasteiger partial charge is 0.0737 e. The molecule has 1 aromatic heterocycles. The van der Waals surface area contributed by atoms with Crippen LogP contribution in [0.15, 0.2) is 30.5 Å². The van der Waals surface area contributed by atoms with Crippen LogP contribution >= 0.6 is 11.6 Å². The Kier molecular flexibility index (Phi) is 4.04. The standard InChI is InChI=1S/C14H18ClN3/c1-10(8-16)9-18(2)14-5-6-17-13-7-11(15)3-4-12(13)14/h3-7,10H,8-9,16H2,1-2H3. The number of fused-ring (bicyclic) bond motifs is 1. The largest absolute Gasteiger partial charge is 0.374 e. The van der Waals surface area contributed by atoms with Crippen LogP contribution in [-0.2, 0) is 0 Å². The molecule has 2 N–H and O–H groups in total. The van der Waals surface area contributed by atoms with Gasteiger partial charge in [0.05, 0.1) is 5.52 Å². The van der Waals surface area contributed by atoms with E-state index in [1.165, 1.54) is 0 Å². The van der Waals surface area contributed by atoms with Gasteiger partial charge in [-0.05, 0) is 36.7 Å². The second-order valence-electron chi connectivity index (χ2n) is 4.71. The molecule has 0 bridgehead atoms. The van der Waals surface area contributed by atoms with E-state index in [0.717, 1.165) is 23.1 Å². The molecule has 1 atom stereocenters. The first-order valence-electron chi connectivity index (χ1n) is 6.07. The van der Waals surface area contributed by atoms with Crippen molar-refractivity contribution in [2.24, 2.45) is 11.7 Å². The SMILES string of the molecule is CC(CN)CN(C)c1ccnc2cc(Cl)ccc12. The maximum atomic E-state index is 5.99. The highest BCUT2D eigenvalue weighted by atomic mass is 35.5. The van der Waals surface area contributed by atoms with E-state index in [9.17, 15) is 0 Å². The highest BCUT2D eigenvalue weighted by Crippen LogP contribution is 2.27. The number of nitrogens with two attached hydrogens (primary N) is 1. The number of halogens is 1. The van der Waals surface area contributed by atoms with E-state index < -0.39 is 0 Å². The minimum absolute atomic E-state index is 0.463. The lowest BCUT2D eigenvalue weighted by Gasteiger charge is -2.24. The predicted octanol–water partition coefficient (Wildman–Crippen LogP) is 2.92. The van der Waals surface area contributed by atoms with Gasteiger partial charge in [0.15, 0.2) is 0 Å². The number of benzene rings is 1. The van der Waals surface area contributed by atoms with Crippen LogP contribution in [0.25, 0.3) is 10.9 Å². The van der Waals surface area contributed by atoms with Gasteiger partial charge in [0, 0.05) is 35.9 Å². The van der Waals surface area contributed by atoms with E-state index in [0.29, 0.717) is 17.5 Å². The summed E-state index contributed by atoms with van der Waals surface area (Å²) >= 11 is 5.99. The topological polar surface area (TPSA) is 42.1 Å². The van der Waals surface area contributed by atoms with E-state index in [1.807, 2.05) is 30.5 Å². The molecule has 4 heteroatoms. The van der Waals surface area contributed by atoms with Gasteiger partial charge in [0.25, 0.3) is 0 Å². The van der Waals surface area contributed by atoms with E-state index in [-0.39, 0.29) is 0 Å². The van der Waals surface area contributed by atoms with E-state index in [1.54, 1.807) is 0 Å². The summed E-state index contributed by atoms with van der Waals surface area (Å²) in [5.74, 6) is 0.463. The third kappa shape index (κ3) is 2.74. The van der Waals surface area contributed by atoms with Crippen molar-refractivity contribution in [2.45, 2.75) is 6.92 Å². The molecule has 0 radical (unpaired) electrons. The first-order chi connectivity index (χ1) is 8.61. The number of aromatic nitrogens is 1. The fraction of sp³-hybridized carbons (Fsp3) is 0.357. The molecule has 0 spiro atoms. The van der Waals surface area contributed by atoms with Crippen LogP contribution in [0.3, 0.4) is 0 Å². The second kappa shape index (κ2) is 5.55. The van der Waals surface area contributed by atoms with E-state index in [4.69, 9.17) is 17.3 Å². The first kappa shape index (κ1) is 13.1. The summed E-state index contributed by atoms with van der Waals surface area (Å²) in [6.07, 6.45) is 1.82. The third-order valence-corrected chi connectivity index (χ3v) is 3.32. The van der Waals surface area contributed by atoms with Gasteiger partial charge in [-0.2, -0.15) is 0 Å². The van der Waals surface area contributed by atoms with Crippen molar-refractivity contribution in [3.05, 3.63) is 35.5 Å². The van der Waals surface area contributed by atoms with Crippen LogP contribution in [0, 0.1) is 5.92 Å². The van der Waals surface area contributed by atoms with Crippen molar-refractivity contribution in [3.63, 3.8) is 0 Å². The lowest BCUT2D eigenvalue weighted by molar-refractivity contribution is 0.591. The van der Waals surface area contributed by atoms with E-state index >= 15 is 0 Å². The summed E-state index contributed by atoms with van der Waals surface area (Å²) in [5, 5.41) is 1.83. The Labute approximate surface area is 113 Å². The van der Waals surface area contributed by atoms with Crippen molar-refractivity contribution < 1.29 is 0 Å². The number of hydrogen-bond acceptors (Lipinski definition) is 3. The Balaban J connectivity index is 2.38. The normalized spacial score (nSPS) is 12.7.